The van der Waals surface area contributed by atoms with Crippen LogP contribution in [-0.2, 0) is 0 Å². The van der Waals surface area contributed by atoms with Crippen molar-refractivity contribution in [3.05, 3.63) is 0 Å². The summed E-state index contributed by atoms with van der Waals surface area (Å²) >= 11 is 0. The maximum Gasteiger partial charge on any atom is 0.0695 e. The Hall–Kier alpha value is -0.120. The summed E-state index contributed by atoms with van der Waals surface area (Å²) in [6, 6.07) is 0.985. The van der Waals surface area contributed by atoms with Crippen LogP contribution in [0.5, 0.6) is 0 Å². The van der Waals surface area contributed by atoms with Crippen molar-refractivity contribution in [2.24, 2.45) is 5.92 Å². The predicted molar refractivity (Wildman–Crippen MR) is 80.3 cm³/mol. The van der Waals surface area contributed by atoms with Crippen LogP contribution in [0.25, 0.3) is 0 Å². The highest BCUT2D eigenvalue weighted by atomic mass is 16.3. The third-order valence-corrected chi connectivity index (χ3v) is 5.11. The van der Waals surface area contributed by atoms with E-state index in [-0.39, 0.29) is 6.10 Å². The van der Waals surface area contributed by atoms with Crippen molar-refractivity contribution < 1.29 is 5.11 Å². The molecule has 0 amide bonds. The van der Waals surface area contributed by atoms with E-state index in [1.165, 1.54) is 38.6 Å². The topological polar surface area (TPSA) is 26.7 Å². The molecule has 0 aromatic rings. The van der Waals surface area contributed by atoms with Crippen LogP contribution in [0.4, 0.5) is 0 Å². The summed E-state index contributed by atoms with van der Waals surface area (Å²) < 4.78 is 0. The minimum atomic E-state index is -0.0982. The van der Waals surface area contributed by atoms with Crippen molar-refractivity contribution in [3.8, 4) is 0 Å². The Morgan fingerprint density at radius 2 is 2.00 bits per heavy atom. The molecule has 19 heavy (non-hydrogen) atoms. The molecule has 2 rings (SSSR count). The summed E-state index contributed by atoms with van der Waals surface area (Å²) in [5.74, 6) is 0.839. The van der Waals surface area contributed by atoms with Crippen LogP contribution < -0.4 is 0 Å². The average Bonchev–Trinajstić information content (AvgIpc) is 2.53. The molecule has 4 unspecified atom stereocenters. The fourth-order valence-electron chi connectivity index (χ4n) is 4.13. The Labute approximate surface area is 119 Å². The quantitative estimate of drug-likeness (QED) is 0.851. The van der Waals surface area contributed by atoms with E-state index in [9.17, 15) is 5.11 Å². The average molecular weight is 268 g/mol. The molecule has 3 nitrogen and oxygen atoms in total. The number of hydrogen-bond donors (Lipinski definition) is 1. The molecule has 1 aliphatic heterocycles. The van der Waals surface area contributed by atoms with Gasteiger partial charge >= 0.3 is 0 Å². The Bertz CT molecular complexity index is 271. The van der Waals surface area contributed by atoms with Gasteiger partial charge in [0.25, 0.3) is 0 Å². The Morgan fingerprint density at radius 1 is 1.21 bits per heavy atom. The zero-order valence-corrected chi connectivity index (χ0v) is 13.0. The van der Waals surface area contributed by atoms with Gasteiger partial charge in [-0.3, -0.25) is 4.90 Å². The number of nitrogens with zero attached hydrogens (tertiary/aromatic N) is 2. The van der Waals surface area contributed by atoms with Crippen molar-refractivity contribution in [1.29, 1.82) is 0 Å². The molecule has 0 radical (unpaired) electrons. The van der Waals surface area contributed by atoms with E-state index < -0.39 is 0 Å². The maximum atomic E-state index is 10.4. The number of rotatable bonds is 3. The molecule has 2 aliphatic rings. The molecule has 112 valence electrons. The maximum absolute atomic E-state index is 10.4. The van der Waals surface area contributed by atoms with Gasteiger partial charge in [-0.05, 0) is 52.1 Å². The van der Waals surface area contributed by atoms with Crippen molar-refractivity contribution >= 4 is 0 Å². The zero-order valence-electron chi connectivity index (χ0n) is 13.0. The number of aliphatic hydroxyl groups is 1. The van der Waals surface area contributed by atoms with Crippen LogP contribution in [0, 0.1) is 5.92 Å². The molecule has 1 saturated carbocycles. The minimum Gasteiger partial charge on any atom is -0.391 e. The largest absolute Gasteiger partial charge is 0.391 e. The van der Waals surface area contributed by atoms with Crippen LogP contribution in [0.15, 0.2) is 0 Å². The molecule has 2 fully saturated rings. The molecule has 0 aromatic carbocycles. The van der Waals surface area contributed by atoms with Crippen LogP contribution in [0.3, 0.4) is 0 Å². The van der Waals surface area contributed by atoms with Gasteiger partial charge in [0.05, 0.1) is 6.10 Å². The Morgan fingerprint density at radius 3 is 2.74 bits per heavy atom. The molecular formula is C16H32N2O. The van der Waals surface area contributed by atoms with Crippen molar-refractivity contribution in [2.45, 2.75) is 70.6 Å². The van der Waals surface area contributed by atoms with Crippen molar-refractivity contribution in [2.75, 3.05) is 26.7 Å². The van der Waals surface area contributed by atoms with Crippen molar-refractivity contribution in [3.63, 3.8) is 0 Å². The normalized spacial score (nSPS) is 39.2. The molecule has 1 N–H and O–H groups in total. The highest BCUT2D eigenvalue weighted by Gasteiger charge is 2.35. The van der Waals surface area contributed by atoms with Gasteiger partial charge in [-0.2, -0.15) is 0 Å². The summed E-state index contributed by atoms with van der Waals surface area (Å²) in [4.78, 5) is 5.04. The van der Waals surface area contributed by atoms with Crippen LogP contribution >= 0.6 is 0 Å². The van der Waals surface area contributed by atoms with E-state index in [0.717, 1.165) is 25.4 Å². The lowest BCUT2D eigenvalue weighted by Gasteiger charge is -2.43. The van der Waals surface area contributed by atoms with E-state index in [0.29, 0.717) is 12.1 Å². The first-order chi connectivity index (χ1) is 9.11. The highest BCUT2D eigenvalue weighted by molar-refractivity contribution is 4.90. The van der Waals surface area contributed by atoms with Gasteiger partial charge in [-0.1, -0.05) is 19.8 Å². The molecular weight excluding hydrogens is 236 g/mol. The number of hydrogen-bond acceptors (Lipinski definition) is 3. The zero-order chi connectivity index (χ0) is 13.8. The van der Waals surface area contributed by atoms with E-state index in [1.54, 1.807) is 0 Å². The second kappa shape index (κ2) is 7.05. The molecule has 1 heterocycles. The monoisotopic (exact) mass is 268 g/mol. The number of likely N-dealkylation sites (N-methyl/N-ethyl adjacent to an activating group) is 1. The van der Waals surface area contributed by atoms with Crippen molar-refractivity contribution in [1.82, 2.24) is 9.80 Å². The fourth-order valence-corrected chi connectivity index (χ4v) is 4.13. The molecule has 0 aromatic heterocycles. The molecule has 1 aliphatic carbocycles. The lowest BCUT2D eigenvalue weighted by molar-refractivity contribution is -0.0132. The molecule has 0 spiro atoms. The van der Waals surface area contributed by atoms with Gasteiger partial charge in [-0.15, -0.1) is 0 Å². The third-order valence-electron chi connectivity index (χ3n) is 5.11. The molecule has 0 bridgehead atoms. The van der Waals surface area contributed by atoms with E-state index in [4.69, 9.17) is 0 Å². The van der Waals surface area contributed by atoms with Crippen LogP contribution in [0.1, 0.15) is 52.4 Å². The predicted octanol–water partition coefficient (Wildman–Crippen LogP) is 2.34. The van der Waals surface area contributed by atoms with Gasteiger partial charge in [0.1, 0.15) is 0 Å². The number of aliphatic hydroxyl groups excluding tert-OH is 1. The highest BCUT2D eigenvalue weighted by Crippen LogP contribution is 2.32. The van der Waals surface area contributed by atoms with E-state index >= 15 is 0 Å². The Balaban J connectivity index is 2.00. The van der Waals surface area contributed by atoms with Gasteiger partial charge < -0.3 is 10.0 Å². The second-order valence-electron chi connectivity index (χ2n) is 6.81. The molecule has 4 atom stereocenters. The minimum absolute atomic E-state index is 0.0982. The molecule has 1 saturated heterocycles. The smallest absolute Gasteiger partial charge is 0.0695 e. The summed E-state index contributed by atoms with van der Waals surface area (Å²) in [5.41, 5.74) is 0. The summed E-state index contributed by atoms with van der Waals surface area (Å²) in [5, 5.41) is 10.4. The molecule has 3 heteroatoms. The van der Waals surface area contributed by atoms with Gasteiger partial charge in [-0.25, -0.2) is 0 Å². The summed E-state index contributed by atoms with van der Waals surface area (Å²) in [7, 11) is 2.22. The first-order valence-electron chi connectivity index (χ1n) is 8.24. The van der Waals surface area contributed by atoms with Gasteiger partial charge in [0, 0.05) is 25.2 Å². The Kier molecular flexibility index (Phi) is 5.67. The summed E-state index contributed by atoms with van der Waals surface area (Å²) in [6.45, 7) is 8.11. The van der Waals surface area contributed by atoms with E-state index in [1.807, 2.05) is 0 Å². The van der Waals surface area contributed by atoms with Crippen LogP contribution in [0.2, 0.25) is 0 Å². The first kappa shape index (κ1) is 15.3. The SMILES string of the molecule is CCCC1CCC(O)C(N2CCCN(C)CC2C)C1. The van der Waals surface area contributed by atoms with E-state index in [2.05, 4.69) is 30.7 Å². The first-order valence-corrected chi connectivity index (χ1v) is 8.24. The lowest BCUT2D eigenvalue weighted by Crippen LogP contribution is -2.52. The fraction of sp³-hybridized carbons (Fsp3) is 1.00. The standard InChI is InChI=1S/C16H32N2O/c1-4-6-14-7-8-16(19)15(11-14)18-10-5-9-17(3)12-13(18)2/h13-16,19H,4-12H2,1-3H3. The van der Waals surface area contributed by atoms with Gasteiger partial charge in [0.15, 0.2) is 0 Å². The summed E-state index contributed by atoms with van der Waals surface area (Å²) in [6.07, 6.45) is 7.21. The lowest BCUT2D eigenvalue weighted by atomic mass is 9.80. The third kappa shape index (κ3) is 3.93. The van der Waals surface area contributed by atoms with Crippen LogP contribution in [-0.4, -0.2) is 59.8 Å². The van der Waals surface area contributed by atoms with Gasteiger partial charge in [0.2, 0.25) is 0 Å². The second-order valence-corrected chi connectivity index (χ2v) is 6.81.